The van der Waals surface area contributed by atoms with E-state index in [1.807, 2.05) is 0 Å². The number of ether oxygens (including phenoxy) is 2. The van der Waals surface area contributed by atoms with Crippen LogP contribution in [-0.2, 0) is 9.47 Å². The summed E-state index contributed by atoms with van der Waals surface area (Å²) in [6.45, 7) is 5.98. The second-order valence-electron chi connectivity index (χ2n) is 9.51. The number of hydrogen-bond donors (Lipinski definition) is 0. The van der Waals surface area contributed by atoms with E-state index in [1.165, 1.54) is 88.2 Å². The van der Waals surface area contributed by atoms with Crippen LogP contribution in [0.1, 0.15) is 120 Å². The van der Waals surface area contributed by atoms with Crippen LogP contribution in [0.5, 0.6) is 0 Å². The molecule has 1 aliphatic carbocycles. The maximum absolute atomic E-state index is 6.11. The normalized spacial score (nSPS) is 27.8. The predicted molar refractivity (Wildman–Crippen MR) is 122 cm³/mol. The van der Waals surface area contributed by atoms with Gasteiger partial charge >= 0.3 is 0 Å². The molecule has 0 spiro atoms. The Kier molecular flexibility index (Phi) is 10.0. The lowest BCUT2D eigenvalue weighted by Crippen LogP contribution is -2.31. The highest BCUT2D eigenvalue weighted by atomic mass is 16.6. The summed E-state index contributed by atoms with van der Waals surface area (Å²) < 4.78 is 12.1. The monoisotopic (exact) mass is 400 g/mol. The number of benzene rings is 1. The summed E-state index contributed by atoms with van der Waals surface area (Å²) in [5.41, 5.74) is 2.82. The van der Waals surface area contributed by atoms with Gasteiger partial charge in [0.25, 0.3) is 0 Å². The van der Waals surface area contributed by atoms with Gasteiger partial charge in [0, 0.05) is 0 Å². The largest absolute Gasteiger partial charge is 0.373 e. The quantitative estimate of drug-likeness (QED) is 0.351. The van der Waals surface area contributed by atoms with E-state index in [9.17, 15) is 0 Å². The molecule has 0 N–H and O–H groups in total. The van der Waals surface area contributed by atoms with Crippen LogP contribution in [-0.4, -0.2) is 19.3 Å². The summed E-state index contributed by atoms with van der Waals surface area (Å²) in [5, 5.41) is 0. The van der Waals surface area contributed by atoms with Gasteiger partial charge in [-0.05, 0) is 55.1 Å². The molecule has 0 bridgehead atoms. The number of rotatable bonds is 11. The minimum absolute atomic E-state index is 0.116. The first-order valence-corrected chi connectivity index (χ1v) is 12.6. The molecular formula is C27H44O2. The Labute approximate surface area is 179 Å². The molecule has 0 unspecified atom stereocenters. The Balaban J connectivity index is 1.38. The molecule has 2 aliphatic rings. The van der Waals surface area contributed by atoms with Crippen molar-refractivity contribution < 1.29 is 9.47 Å². The van der Waals surface area contributed by atoms with Crippen LogP contribution >= 0.6 is 0 Å². The average Bonchev–Trinajstić information content (AvgIpc) is 2.78. The summed E-state index contributed by atoms with van der Waals surface area (Å²) in [7, 11) is 0. The molecule has 2 nitrogen and oxygen atoms in total. The highest BCUT2D eigenvalue weighted by Gasteiger charge is 2.25. The minimum atomic E-state index is 0.116. The van der Waals surface area contributed by atoms with Crippen LogP contribution in [0.15, 0.2) is 24.3 Å². The molecule has 1 saturated carbocycles. The third-order valence-corrected chi connectivity index (χ3v) is 7.19. The first-order chi connectivity index (χ1) is 14.3. The van der Waals surface area contributed by atoms with Crippen LogP contribution in [0, 0.1) is 5.92 Å². The van der Waals surface area contributed by atoms with Crippen molar-refractivity contribution in [2.45, 2.75) is 115 Å². The highest BCUT2D eigenvalue weighted by molar-refractivity contribution is 5.27. The van der Waals surface area contributed by atoms with Gasteiger partial charge in [-0.15, -0.1) is 0 Å². The summed E-state index contributed by atoms with van der Waals surface area (Å²) >= 11 is 0. The Morgan fingerprint density at radius 1 is 0.690 bits per heavy atom. The van der Waals surface area contributed by atoms with E-state index < -0.39 is 0 Å². The third-order valence-electron chi connectivity index (χ3n) is 7.19. The van der Waals surface area contributed by atoms with E-state index in [1.54, 1.807) is 0 Å². The fraction of sp³-hybridized carbons (Fsp3) is 0.778. The lowest BCUT2D eigenvalue weighted by molar-refractivity contribution is -0.137. The average molecular weight is 401 g/mol. The predicted octanol–water partition coefficient (Wildman–Crippen LogP) is 7.97. The van der Waals surface area contributed by atoms with Gasteiger partial charge in [-0.3, -0.25) is 0 Å². The first-order valence-electron chi connectivity index (χ1n) is 12.6. The zero-order valence-corrected chi connectivity index (χ0v) is 19.0. The standard InChI is InChI=1S/C27H44O2/c1-3-5-7-8-9-10-22-12-14-23(15-13-22)24-16-18-25(19-17-24)27-21-28-26(20-29-27)11-6-4-2/h16-19,22-23,26-27H,3-15,20-21H2,1-2H3/t22-,23-,26-,27-/m0/s1. The van der Waals surface area contributed by atoms with Crippen molar-refractivity contribution in [3.05, 3.63) is 35.4 Å². The molecule has 3 rings (SSSR count). The highest BCUT2D eigenvalue weighted by Crippen LogP contribution is 2.38. The van der Waals surface area contributed by atoms with Gasteiger partial charge in [0.15, 0.2) is 0 Å². The Bertz CT molecular complexity index is 536. The van der Waals surface area contributed by atoms with Gasteiger partial charge in [0.1, 0.15) is 6.10 Å². The molecule has 0 radical (unpaired) electrons. The SMILES string of the molecule is CCCCCCC[C@H]1CC[C@H](c2ccc([C@@H]3CO[C@@H](CCCC)CO3)cc2)CC1. The van der Waals surface area contributed by atoms with E-state index in [2.05, 4.69) is 38.1 Å². The molecule has 29 heavy (non-hydrogen) atoms. The van der Waals surface area contributed by atoms with Crippen molar-refractivity contribution in [3.63, 3.8) is 0 Å². The third kappa shape index (κ3) is 7.40. The van der Waals surface area contributed by atoms with Crippen molar-refractivity contribution in [2.24, 2.45) is 5.92 Å². The maximum atomic E-state index is 6.11. The Hall–Kier alpha value is -0.860. The molecule has 2 atom stereocenters. The van der Waals surface area contributed by atoms with E-state index >= 15 is 0 Å². The van der Waals surface area contributed by atoms with E-state index in [-0.39, 0.29) is 6.10 Å². The van der Waals surface area contributed by atoms with E-state index in [4.69, 9.17) is 9.47 Å². The molecule has 1 aliphatic heterocycles. The molecule has 0 aromatic heterocycles. The number of hydrogen-bond acceptors (Lipinski definition) is 2. The lowest BCUT2D eigenvalue weighted by Gasteiger charge is -2.31. The fourth-order valence-corrected chi connectivity index (χ4v) is 5.14. The first kappa shape index (κ1) is 22.8. The summed E-state index contributed by atoms with van der Waals surface area (Å²) in [5.74, 6) is 1.75. The molecule has 2 heteroatoms. The molecule has 1 aromatic rings. The molecule has 1 heterocycles. The summed E-state index contributed by atoms with van der Waals surface area (Å²) in [6, 6.07) is 9.29. The van der Waals surface area contributed by atoms with Crippen molar-refractivity contribution in [2.75, 3.05) is 13.2 Å². The zero-order chi connectivity index (χ0) is 20.3. The smallest absolute Gasteiger partial charge is 0.106 e. The molecule has 164 valence electrons. The van der Waals surface area contributed by atoms with Gasteiger partial charge in [0.2, 0.25) is 0 Å². The maximum Gasteiger partial charge on any atom is 0.106 e. The van der Waals surface area contributed by atoms with Crippen LogP contribution < -0.4 is 0 Å². The van der Waals surface area contributed by atoms with Gasteiger partial charge in [-0.2, -0.15) is 0 Å². The second-order valence-corrected chi connectivity index (χ2v) is 9.51. The topological polar surface area (TPSA) is 18.5 Å². The Morgan fingerprint density at radius 2 is 1.38 bits per heavy atom. The molecule has 1 saturated heterocycles. The molecule has 1 aromatic carbocycles. The van der Waals surface area contributed by atoms with E-state index in [0.29, 0.717) is 12.7 Å². The lowest BCUT2D eigenvalue weighted by atomic mass is 9.77. The van der Waals surface area contributed by atoms with Gasteiger partial charge in [-0.1, -0.05) is 89.5 Å². The van der Waals surface area contributed by atoms with Crippen molar-refractivity contribution in [3.8, 4) is 0 Å². The minimum Gasteiger partial charge on any atom is -0.373 e. The van der Waals surface area contributed by atoms with Crippen molar-refractivity contribution in [1.29, 1.82) is 0 Å². The summed E-state index contributed by atoms with van der Waals surface area (Å²) in [6.07, 6.45) is 18.2. The fourth-order valence-electron chi connectivity index (χ4n) is 5.14. The van der Waals surface area contributed by atoms with E-state index in [0.717, 1.165) is 24.9 Å². The van der Waals surface area contributed by atoms with Crippen LogP contribution in [0.2, 0.25) is 0 Å². The van der Waals surface area contributed by atoms with Crippen molar-refractivity contribution >= 4 is 0 Å². The zero-order valence-electron chi connectivity index (χ0n) is 19.0. The van der Waals surface area contributed by atoms with Crippen LogP contribution in [0.4, 0.5) is 0 Å². The number of unbranched alkanes of at least 4 members (excludes halogenated alkanes) is 5. The van der Waals surface area contributed by atoms with Gasteiger partial charge in [-0.25, -0.2) is 0 Å². The van der Waals surface area contributed by atoms with Crippen LogP contribution in [0.25, 0.3) is 0 Å². The van der Waals surface area contributed by atoms with Gasteiger partial charge < -0.3 is 9.47 Å². The molecular weight excluding hydrogens is 356 g/mol. The Morgan fingerprint density at radius 3 is 2.03 bits per heavy atom. The van der Waals surface area contributed by atoms with Crippen molar-refractivity contribution in [1.82, 2.24) is 0 Å². The second kappa shape index (κ2) is 12.7. The molecule has 2 fully saturated rings. The molecule has 0 amide bonds. The van der Waals surface area contributed by atoms with Gasteiger partial charge in [0.05, 0.1) is 19.3 Å². The summed E-state index contributed by atoms with van der Waals surface area (Å²) in [4.78, 5) is 0. The van der Waals surface area contributed by atoms with Crippen LogP contribution in [0.3, 0.4) is 0 Å².